The molecule has 39 heavy (non-hydrogen) atoms. The molecule has 0 fully saturated rings. The number of hydrogen-bond donors (Lipinski definition) is 1. The average molecular weight is 632 g/mol. The molecule has 1 heterocycles. The summed E-state index contributed by atoms with van der Waals surface area (Å²) in [5, 5.41) is 12.2. The van der Waals surface area contributed by atoms with Crippen molar-refractivity contribution in [2.75, 3.05) is 6.61 Å². The van der Waals surface area contributed by atoms with Crippen molar-refractivity contribution in [2.24, 2.45) is 0 Å². The highest BCUT2D eigenvalue weighted by molar-refractivity contribution is 14.1. The number of aromatic amines is 1. The molecule has 0 saturated heterocycles. The van der Waals surface area contributed by atoms with Crippen LogP contribution in [-0.2, 0) is 17.8 Å². The average Bonchev–Trinajstić information content (AvgIpc) is 3.29. The molecular weight excluding hydrogens is 607 g/mol. The van der Waals surface area contributed by atoms with E-state index < -0.39 is 10.9 Å². The Labute approximate surface area is 239 Å². The van der Waals surface area contributed by atoms with Crippen LogP contribution < -0.4 is 4.74 Å². The first-order valence-corrected chi connectivity index (χ1v) is 13.5. The van der Waals surface area contributed by atoms with Gasteiger partial charge in [0.05, 0.1) is 15.1 Å². The summed E-state index contributed by atoms with van der Waals surface area (Å²) in [6.45, 7) is 2.53. The molecule has 8 heteroatoms. The molecular formula is C31H25IN2O5. The van der Waals surface area contributed by atoms with Crippen molar-refractivity contribution in [3.05, 3.63) is 127 Å². The molecule has 5 aromatic rings. The van der Waals surface area contributed by atoms with Gasteiger partial charge in [-0.2, -0.15) is 0 Å². The Morgan fingerprint density at radius 3 is 2.38 bits per heavy atom. The van der Waals surface area contributed by atoms with Gasteiger partial charge in [0.25, 0.3) is 5.69 Å². The number of non-ortho nitro benzene ring substituents is 1. The number of nitrogens with zero attached hydrogens (tertiary/aromatic N) is 1. The second-order valence-electron chi connectivity index (χ2n) is 8.99. The van der Waals surface area contributed by atoms with E-state index in [4.69, 9.17) is 9.47 Å². The van der Waals surface area contributed by atoms with Crippen LogP contribution in [0, 0.1) is 13.7 Å². The molecule has 196 valence electrons. The summed E-state index contributed by atoms with van der Waals surface area (Å²) in [4.78, 5) is 26.8. The third-order valence-electron chi connectivity index (χ3n) is 6.35. The lowest BCUT2D eigenvalue weighted by atomic mass is 9.96. The van der Waals surface area contributed by atoms with Crippen LogP contribution in [0.2, 0.25) is 0 Å². The molecule has 0 atom stereocenters. The summed E-state index contributed by atoms with van der Waals surface area (Å²) < 4.78 is 12.0. The zero-order valence-electron chi connectivity index (χ0n) is 21.1. The third kappa shape index (κ3) is 5.96. The fourth-order valence-corrected chi connectivity index (χ4v) is 5.50. The van der Waals surface area contributed by atoms with Crippen molar-refractivity contribution in [3.63, 3.8) is 0 Å². The highest BCUT2D eigenvalue weighted by atomic mass is 127. The SMILES string of the molecule is CCOC(=O)c1[nH]c2cc(-c3ccc(OCc4ccccc4)cc3)cc(Cc3cccc([N+](=O)[O-])c3)c2c1I. The van der Waals surface area contributed by atoms with Gasteiger partial charge in [0.2, 0.25) is 0 Å². The lowest BCUT2D eigenvalue weighted by molar-refractivity contribution is -0.384. The van der Waals surface area contributed by atoms with Gasteiger partial charge in [-0.05, 0) is 82.0 Å². The summed E-state index contributed by atoms with van der Waals surface area (Å²) in [7, 11) is 0. The van der Waals surface area contributed by atoms with Crippen LogP contribution >= 0.6 is 22.6 Å². The van der Waals surface area contributed by atoms with Crippen molar-refractivity contribution in [1.82, 2.24) is 4.98 Å². The Morgan fingerprint density at radius 1 is 0.923 bits per heavy atom. The van der Waals surface area contributed by atoms with E-state index in [9.17, 15) is 14.9 Å². The topological polar surface area (TPSA) is 94.5 Å². The van der Waals surface area contributed by atoms with E-state index in [1.165, 1.54) is 6.07 Å². The fourth-order valence-electron chi connectivity index (χ4n) is 4.51. The van der Waals surface area contributed by atoms with Crippen molar-refractivity contribution in [3.8, 4) is 16.9 Å². The smallest absolute Gasteiger partial charge is 0.355 e. The molecule has 5 rings (SSSR count). The van der Waals surface area contributed by atoms with E-state index in [-0.39, 0.29) is 12.3 Å². The molecule has 0 spiro atoms. The number of rotatable bonds is 9. The normalized spacial score (nSPS) is 10.9. The monoisotopic (exact) mass is 632 g/mol. The number of nitro groups is 1. The van der Waals surface area contributed by atoms with Gasteiger partial charge >= 0.3 is 5.97 Å². The lowest BCUT2D eigenvalue weighted by Gasteiger charge is -2.11. The van der Waals surface area contributed by atoms with Crippen molar-refractivity contribution in [1.29, 1.82) is 0 Å². The number of carbonyl (C=O) groups excluding carboxylic acids is 1. The Balaban J connectivity index is 1.52. The minimum atomic E-state index is -0.416. The number of aromatic nitrogens is 1. The molecule has 0 radical (unpaired) electrons. The number of H-pyrrole nitrogens is 1. The largest absolute Gasteiger partial charge is 0.489 e. The summed E-state index contributed by atoms with van der Waals surface area (Å²) in [6, 6.07) is 28.6. The number of benzene rings is 4. The first-order valence-electron chi connectivity index (χ1n) is 12.4. The number of esters is 1. The number of carbonyl (C=O) groups is 1. The van der Waals surface area contributed by atoms with E-state index in [0.717, 1.165) is 48.0 Å². The maximum Gasteiger partial charge on any atom is 0.355 e. The maximum absolute atomic E-state index is 12.6. The minimum Gasteiger partial charge on any atom is -0.489 e. The molecule has 0 aliphatic heterocycles. The number of nitro benzene ring substituents is 1. The van der Waals surface area contributed by atoms with E-state index in [1.54, 1.807) is 19.1 Å². The summed E-state index contributed by atoms with van der Waals surface area (Å²) in [5.74, 6) is 0.348. The van der Waals surface area contributed by atoms with Gasteiger partial charge in [-0.1, -0.05) is 60.7 Å². The zero-order chi connectivity index (χ0) is 27.4. The van der Waals surface area contributed by atoms with E-state index in [1.807, 2.05) is 66.7 Å². The number of ether oxygens (including phenoxy) is 2. The summed E-state index contributed by atoms with van der Waals surface area (Å²) in [6.07, 6.45) is 0.459. The summed E-state index contributed by atoms with van der Waals surface area (Å²) in [5.41, 5.74) is 6.01. The first-order chi connectivity index (χ1) is 18.9. The first kappa shape index (κ1) is 26.4. The van der Waals surface area contributed by atoms with Crippen LogP contribution in [0.5, 0.6) is 5.75 Å². The van der Waals surface area contributed by atoms with Crippen LogP contribution in [0.3, 0.4) is 0 Å². The Kier molecular flexibility index (Phi) is 7.92. The summed E-state index contributed by atoms with van der Waals surface area (Å²) >= 11 is 2.16. The second-order valence-corrected chi connectivity index (χ2v) is 10.1. The van der Waals surface area contributed by atoms with Gasteiger partial charge in [-0.15, -0.1) is 0 Å². The Hall–Kier alpha value is -4.18. The van der Waals surface area contributed by atoms with Gasteiger partial charge in [-0.3, -0.25) is 10.1 Å². The standard InChI is InChI=1S/C31H25IN2O5/c1-2-38-31(35)30-29(32)28-24(15-21-9-6-10-25(16-21)34(36)37)17-23(18-27(28)33-30)22-11-13-26(14-12-22)39-19-20-7-4-3-5-8-20/h3-14,16-18,33H,2,15,19H2,1H3. The van der Waals surface area contributed by atoms with Crippen LogP contribution in [-0.4, -0.2) is 22.5 Å². The second kappa shape index (κ2) is 11.7. The highest BCUT2D eigenvalue weighted by Gasteiger charge is 2.21. The highest BCUT2D eigenvalue weighted by Crippen LogP contribution is 2.35. The third-order valence-corrected chi connectivity index (χ3v) is 7.43. The van der Waals surface area contributed by atoms with Gasteiger partial charge in [0.1, 0.15) is 18.1 Å². The van der Waals surface area contributed by atoms with Crippen LogP contribution in [0.15, 0.2) is 91.0 Å². The molecule has 0 bridgehead atoms. The van der Waals surface area contributed by atoms with Crippen LogP contribution in [0.25, 0.3) is 22.0 Å². The molecule has 0 aliphatic carbocycles. The van der Waals surface area contributed by atoms with E-state index >= 15 is 0 Å². The molecule has 4 aromatic carbocycles. The molecule has 1 aromatic heterocycles. The number of halogens is 1. The van der Waals surface area contributed by atoms with Crippen molar-refractivity contribution >= 4 is 45.2 Å². The molecule has 7 nitrogen and oxygen atoms in total. The predicted molar refractivity (Wildman–Crippen MR) is 159 cm³/mol. The number of fused-ring (bicyclic) bond motifs is 1. The fraction of sp³-hybridized carbons (Fsp3) is 0.129. The molecule has 0 unspecified atom stereocenters. The van der Waals surface area contributed by atoms with Crippen molar-refractivity contribution < 1.29 is 19.2 Å². The molecule has 1 N–H and O–H groups in total. The molecule has 0 saturated carbocycles. The van der Waals surface area contributed by atoms with Gasteiger partial charge in [0, 0.05) is 23.0 Å². The maximum atomic E-state index is 12.6. The predicted octanol–water partition coefficient (Wildman–Crippen LogP) is 7.69. The van der Waals surface area contributed by atoms with Crippen LogP contribution in [0.4, 0.5) is 5.69 Å². The van der Waals surface area contributed by atoms with Crippen LogP contribution in [0.1, 0.15) is 34.1 Å². The Morgan fingerprint density at radius 2 is 1.67 bits per heavy atom. The van der Waals surface area contributed by atoms with Gasteiger partial charge < -0.3 is 14.5 Å². The molecule has 0 aliphatic rings. The van der Waals surface area contributed by atoms with Gasteiger partial charge in [-0.25, -0.2) is 4.79 Å². The lowest BCUT2D eigenvalue weighted by Crippen LogP contribution is -2.06. The zero-order valence-corrected chi connectivity index (χ0v) is 23.3. The van der Waals surface area contributed by atoms with E-state index in [0.29, 0.717) is 18.7 Å². The quantitative estimate of drug-likeness (QED) is 0.0778. The Bertz CT molecular complexity index is 1650. The number of nitrogens with one attached hydrogen (secondary N) is 1. The van der Waals surface area contributed by atoms with Crippen molar-refractivity contribution in [2.45, 2.75) is 20.0 Å². The molecule has 0 amide bonds. The minimum absolute atomic E-state index is 0.0435. The van der Waals surface area contributed by atoms with E-state index in [2.05, 4.69) is 33.6 Å². The number of hydrogen-bond acceptors (Lipinski definition) is 5. The van der Waals surface area contributed by atoms with Gasteiger partial charge in [0.15, 0.2) is 0 Å².